The fourth-order valence-electron chi connectivity index (χ4n) is 4.95. The SMILES string of the molecule is CCCN1CC=C2C(C#N)=C(N)C(C#N)(C#N)[C@H](c3ccc(OC(C)C)c(OCC)c3)[C@H]2C1. The standard InChI is InChI=1S/C26H31N5O2/c1-5-10-31-11-9-19-20(13-27)25(30)26(15-28,16-29)24(21(19)14-31)18-7-8-22(33-17(3)4)23(12-18)32-6-2/h7-9,12,17,21,24H,5-6,10-11,14,30H2,1-4H3/t21-,24+/m0/s1. The van der Waals surface area contributed by atoms with Crippen molar-refractivity contribution >= 4 is 0 Å². The Labute approximate surface area is 196 Å². The molecule has 1 aromatic rings. The Morgan fingerprint density at radius 1 is 1.18 bits per heavy atom. The lowest BCUT2D eigenvalue weighted by Gasteiger charge is -2.45. The summed E-state index contributed by atoms with van der Waals surface area (Å²) in [5.74, 6) is 0.397. The van der Waals surface area contributed by atoms with Gasteiger partial charge in [0.15, 0.2) is 16.9 Å². The predicted molar refractivity (Wildman–Crippen MR) is 125 cm³/mol. The summed E-state index contributed by atoms with van der Waals surface area (Å²) >= 11 is 0. The van der Waals surface area contributed by atoms with E-state index < -0.39 is 11.3 Å². The number of hydrogen-bond acceptors (Lipinski definition) is 7. The molecule has 1 aromatic carbocycles. The predicted octanol–water partition coefficient (Wildman–Crippen LogP) is 4.01. The van der Waals surface area contributed by atoms with Crippen molar-refractivity contribution in [3.05, 3.63) is 46.7 Å². The van der Waals surface area contributed by atoms with Crippen molar-refractivity contribution in [3.8, 4) is 29.7 Å². The maximum Gasteiger partial charge on any atom is 0.191 e. The Bertz CT molecular complexity index is 1070. The van der Waals surface area contributed by atoms with Gasteiger partial charge in [0.1, 0.15) is 6.07 Å². The molecule has 2 atom stereocenters. The maximum atomic E-state index is 10.3. The molecule has 7 heteroatoms. The summed E-state index contributed by atoms with van der Waals surface area (Å²) in [7, 11) is 0. The first-order chi connectivity index (χ1) is 15.9. The normalized spacial score (nSPS) is 21.9. The van der Waals surface area contributed by atoms with Gasteiger partial charge in [-0.1, -0.05) is 19.1 Å². The van der Waals surface area contributed by atoms with Gasteiger partial charge in [-0.05, 0) is 57.0 Å². The van der Waals surface area contributed by atoms with Gasteiger partial charge in [0.25, 0.3) is 0 Å². The van der Waals surface area contributed by atoms with E-state index in [9.17, 15) is 15.8 Å². The first-order valence-electron chi connectivity index (χ1n) is 11.5. The summed E-state index contributed by atoms with van der Waals surface area (Å²) < 4.78 is 11.8. The van der Waals surface area contributed by atoms with Crippen molar-refractivity contribution in [1.82, 2.24) is 4.90 Å². The Kier molecular flexibility index (Phi) is 7.32. The molecular formula is C26H31N5O2. The third-order valence-electron chi connectivity index (χ3n) is 6.27. The molecule has 0 bridgehead atoms. The first-order valence-corrected chi connectivity index (χ1v) is 11.5. The van der Waals surface area contributed by atoms with Crippen molar-refractivity contribution in [2.75, 3.05) is 26.2 Å². The van der Waals surface area contributed by atoms with Crippen LogP contribution in [-0.2, 0) is 0 Å². The smallest absolute Gasteiger partial charge is 0.191 e. The zero-order valence-electron chi connectivity index (χ0n) is 19.8. The molecule has 0 aromatic heterocycles. The van der Waals surface area contributed by atoms with Crippen LogP contribution in [0.15, 0.2) is 41.1 Å². The molecule has 2 N–H and O–H groups in total. The van der Waals surface area contributed by atoms with Gasteiger partial charge in [-0.3, -0.25) is 4.90 Å². The van der Waals surface area contributed by atoms with E-state index >= 15 is 0 Å². The topological polar surface area (TPSA) is 119 Å². The summed E-state index contributed by atoms with van der Waals surface area (Å²) in [6.45, 7) is 10.6. The molecular weight excluding hydrogens is 414 g/mol. The number of nitriles is 3. The van der Waals surface area contributed by atoms with Crippen molar-refractivity contribution in [2.24, 2.45) is 17.1 Å². The number of ether oxygens (including phenoxy) is 2. The minimum atomic E-state index is -1.66. The van der Waals surface area contributed by atoms with E-state index in [0.717, 1.165) is 24.1 Å². The highest BCUT2D eigenvalue weighted by Crippen LogP contribution is 2.54. The number of hydrogen-bond donors (Lipinski definition) is 1. The Morgan fingerprint density at radius 2 is 1.91 bits per heavy atom. The fraction of sp³-hybridized carbons (Fsp3) is 0.500. The van der Waals surface area contributed by atoms with Gasteiger partial charge in [0.2, 0.25) is 0 Å². The molecule has 2 aliphatic rings. The zero-order chi connectivity index (χ0) is 24.2. The maximum absolute atomic E-state index is 10.3. The molecule has 172 valence electrons. The first kappa shape index (κ1) is 24.2. The van der Waals surface area contributed by atoms with Crippen LogP contribution in [0.3, 0.4) is 0 Å². The van der Waals surface area contributed by atoms with Crippen molar-refractivity contribution in [3.63, 3.8) is 0 Å². The van der Waals surface area contributed by atoms with E-state index in [4.69, 9.17) is 15.2 Å². The summed E-state index contributed by atoms with van der Waals surface area (Å²) in [4.78, 5) is 2.29. The fourth-order valence-corrected chi connectivity index (χ4v) is 4.95. The second-order valence-electron chi connectivity index (χ2n) is 8.74. The van der Waals surface area contributed by atoms with Gasteiger partial charge in [-0.2, -0.15) is 15.8 Å². The van der Waals surface area contributed by atoms with Crippen LogP contribution < -0.4 is 15.2 Å². The summed E-state index contributed by atoms with van der Waals surface area (Å²) in [5, 5.41) is 30.4. The monoisotopic (exact) mass is 445 g/mol. The number of rotatable bonds is 7. The van der Waals surface area contributed by atoms with Gasteiger partial charge < -0.3 is 15.2 Å². The Hall–Kier alpha value is -3.47. The number of allylic oxidation sites excluding steroid dienone is 2. The molecule has 1 aliphatic heterocycles. The van der Waals surface area contributed by atoms with Crippen LogP contribution in [0.1, 0.15) is 45.6 Å². The van der Waals surface area contributed by atoms with Crippen LogP contribution in [-0.4, -0.2) is 37.2 Å². The lowest BCUT2D eigenvalue weighted by atomic mass is 9.58. The van der Waals surface area contributed by atoms with E-state index in [1.54, 1.807) is 0 Å². The van der Waals surface area contributed by atoms with Crippen molar-refractivity contribution in [1.29, 1.82) is 15.8 Å². The number of nitrogens with two attached hydrogens (primary N) is 1. The molecule has 33 heavy (non-hydrogen) atoms. The molecule has 1 heterocycles. The Morgan fingerprint density at radius 3 is 2.48 bits per heavy atom. The van der Waals surface area contributed by atoms with Gasteiger partial charge >= 0.3 is 0 Å². The molecule has 0 fully saturated rings. The third kappa shape index (κ3) is 4.28. The summed E-state index contributed by atoms with van der Waals surface area (Å²) in [5.41, 5.74) is 6.65. The second-order valence-corrected chi connectivity index (χ2v) is 8.74. The van der Waals surface area contributed by atoms with Crippen LogP contribution in [0, 0.1) is 45.3 Å². The molecule has 7 nitrogen and oxygen atoms in total. The van der Waals surface area contributed by atoms with E-state index in [-0.39, 0.29) is 23.3 Å². The molecule has 1 aliphatic carbocycles. The molecule has 3 rings (SSSR count). The minimum Gasteiger partial charge on any atom is -0.490 e. The van der Waals surface area contributed by atoms with Gasteiger partial charge in [0.05, 0.1) is 36.1 Å². The van der Waals surface area contributed by atoms with Crippen molar-refractivity contribution in [2.45, 2.75) is 46.1 Å². The van der Waals surface area contributed by atoms with Crippen LogP contribution in [0.4, 0.5) is 0 Å². The van der Waals surface area contributed by atoms with E-state index in [2.05, 4.69) is 30.0 Å². The van der Waals surface area contributed by atoms with Crippen LogP contribution in [0.2, 0.25) is 0 Å². The highest BCUT2D eigenvalue weighted by atomic mass is 16.5. The lowest BCUT2D eigenvalue weighted by Crippen LogP contribution is -2.48. The largest absolute Gasteiger partial charge is 0.490 e. The molecule has 0 saturated heterocycles. The number of fused-ring (bicyclic) bond motifs is 1. The third-order valence-corrected chi connectivity index (χ3v) is 6.27. The average Bonchev–Trinajstić information content (AvgIpc) is 2.80. The highest BCUT2D eigenvalue weighted by Gasteiger charge is 2.54. The summed E-state index contributed by atoms with van der Waals surface area (Å²) in [6, 6.07) is 12.1. The van der Waals surface area contributed by atoms with E-state index in [0.29, 0.717) is 31.2 Å². The quantitative estimate of drug-likeness (QED) is 0.673. The van der Waals surface area contributed by atoms with E-state index in [1.165, 1.54) is 0 Å². The van der Waals surface area contributed by atoms with Gasteiger partial charge in [-0.25, -0.2) is 0 Å². The molecule has 0 spiro atoms. The average molecular weight is 446 g/mol. The molecule has 0 unspecified atom stereocenters. The number of benzene rings is 1. The second kappa shape index (κ2) is 9.99. The van der Waals surface area contributed by atoms with Crippen LogP contribution in [0.25, 0.3) is 0 Å². The molecule has 0 radical (unpaired) electrons. The summed E-state index contributed by atoms with van der Waals surface area (Å²) in [6.07, 6.45) is 2.98. The van der Waals surface area contributed by atoms with Gasteiger partial charge in [0, 0.05) is 24.9 Å². The molecule has 0 saturated carbocycles. The highest BCUT2D eigenvalue weighted by molar-refractivity contribution is 5.60. The molecule has 0 amide bonds. The lowest BCUT2D eigenvalue weighted by molar-refractivity contribution is 0.206. The van der Waals surface area contributed by atoms with Crippen LogP contribution >= 0.6 is 0 Å². The zero-order valence-corrected chi connectivity index (χ0v) is 19.8. The van der Waals surface area contributed by atoms with Crippen LogP contribution in [0.5, 0.6) is 11.5 Å². The number of nitrogens with zero attached hydrogens (tertiary/aromatic N) is 4. The van der Waals surface area contributed by atoms with Gasteiger partial charge in [-0.15, -0.1) is 0 Å². The minimum absolute atomic E-state index is 0.0331. The van der Waals surface area contributed by atoms with E-state index in [1.807, 2.05) is 45.0 Å². The Balaban J connectivity index is 2.24. The van der Waals surface area contributed by atoms with Crippen molar-refractivity contribution < 1.29 is 9.47 Å².